The van der Waals surface area contributed by atoms with Crippen molar-refractivity contribution in [1.29, 1.82) is 0 Å². The number of nitrogens with one attached hydrogen (secondary N) is 1. The van der Waals surface area contributed by atoms with E-state index in [0.29, 0.717) is 46.0 Å². The number of imide groups is 1. The van der Waals surface area contributed by atoms with Crippen LogP contribution in [0.3, 0.4) is 0 Å². The number of carbonyl (C=O) groups excluding carboxylic acids is 2. The number of carbonyl (C=O) groups is 2. The minimum Gasteiger partial charge on any atom is -0.333 e. The molecule has 4 rings (SSSR count). The summed E-state index contributed by atoms with van der Waals surface area (Å²) in [7, 11) is 0. The molecule has 2 heterocycles. The largest absolute Gasteiger partial charge is 0.333 e. The number of thioether (sulfide) groups is 1. The Balaban J connectivity index is 1.29. The van der Waals surface area contributed by atoms with E-state index in [1.165, 1.54) is 16.7 Å². The highest BCUT2D eigenvalue weighted by Gasteiger charge is 2.34. The summed E-state index contributed by atoms with van der Waals surface area (Å²) in [5.41, 5.74) is 1.74. The lowest BCUT2D eigenvalue weighted by Gasteiger charge is -2.13. The number of aromatic amines is 1. The Morgan fingerprint density at radius 1 is 1.00 bits per heavy atom. The van der Waals surface area contributed by atoms with Crippen LogP contribution in [-0.2, 0) is 0 Å². The maximum absolute atomic E-state index is 13.2. The van der Waals surface area contributed by atoms with E-state index in [-0.39, 0.29) is 11.8 Å². The monoisotopic (exact) mass is 387 g/mol. The topological polar surface area (TPSA) is 66.1 Å². The minimum absolute atomic E-state index is 0.246. The summed E-state index contributed by atoms with van der Waals surface area (Å²) < 4.78 is 26.5. The van der Waals surface area contributed by atoms with Crippen LogP contribution in [0.4, 0.5) is 8.78 Å². The van der Waals surface area contributed by atoms with Crippen LogP contribution in [-0.4, -0.2) is 39.0 Å². The number of H-pyrrole nitrogens is 1. The average molecular weight is 387 g/mol. The molecule has 0 saturated carbocycles. The molecule has 2 amide bonds. The molecule has 8 heteroatoms. The van der Waals surface area contributed by atoms with Crippen molar-refractivity contribution in [3.63, 3.8) is 0 Å². The van der Waals surface area contributed by atoms with Gasteiger partial charge in [-0.3, -0.25) is 14.5 Å². The molecule has 0 aliphatic carbocycles. The van der Waals surface area contributed by atoms with E-state index in [4.69, 9.17) is 0 Å². The SMILES string of the molecule is O=C1c2ccccc2C(=O)N1CCCCSc1nc2cc(F)c(F)cc2[nH]1. The Morgan fingerprint density at radius 3 is 2.37 bits per heavy atom. The van der Waals surface area contributed by atoms with Crippen molar-refractivity contribution in [3.8, 4) is 0 Å². The molecule has 0 bridgehead atoms. The fraction of sp³-hybridized carbons (Fsp3) is 0.211. The fourth-order valence-electron chi connectivity index (χ4n) is 3.03. The van der Waals surface area contributed by atoms with Crippen molar-refractivity contribution in [2.24, 2.45) is 0 Å². The van der Waals surface area contributed by atoms with E-state index >= 15 is 0 Å². The first-order valence-electron chi connectivity index (χ1n) is 8.47. The van der Waals surface area contributed by atoms with Gasteiger partial charge in [0, 0.05) is 24.4 Å². The lowest BCUT2D eigenvalue weighted by Crippen LogP contribution is -2.30. The van der Waals surface area contributed by atoms with Crippen molar-refractivity contribution < 1.29 is 18.4 Å². The van der Waals surface area contributed by atoms with Gasteiger partial charge in [0.05, 0.1) is 22.2 Å². The Hall–Kier alpha value is -2.74. The van der Waals surface area contributed by atoms with Gasteiger partial charge in [-0.25, -0.2) is 13.8 Å². The number of fused-ring (bicyclic) bond motifs is 2. The number of nitrogens with zero attached hydrogens (tertiary/aromatic N) is 2. The number of halogens is 2. The molecule has 27 heavy (non-hydrogen) atoms. The molecule has 0 atom stereocenters. The second kappa shape index (κ2) is 7.11. The second-order valence-corrected chi connectivity index (χ2v) is 7.27. The van der Waals surface area contributed by atoms with Crippen molar-refractivity contribution in [3.05, 3.63) is 59.2 Å². The van der Waals surface area contributed by atoms with Gasteiger partial charge < -0.3 is 4.98 Å². The molecule has 0 saturated heterocycles. The van der Waals surface area contributed by atoms with Crippen LogP contribution in [0, 0.1) is 11.6 Å². The van der Waals surface area contributed by atoms with E-state index in [1.807, 2.05) is 0 Å². The van der Waals surface area contributed by atoms with Crippen LogP contribution >= 0.6 is 11.8 Å². The van der Waals surface area contributed by atoms with E-state index < -0.39 is 11.6 Å². The third-order valence-electron chi connectivity index (χ3n) is 4.40. The summed E-state index contributed by atoms with van der Waals surface area (Å²) >= 11 is 1.43. The highest BCUT2D eigenvalue weighted by Crippen LogP contribution is 2.24. The number of benzene rings is 2. The Labute approximate surface area is 157 Å². The quantitative estimate of drug-likeness (QED) is 0.394. The van der Waals surface area contributed by atoms with E-state index in [0.717, 1.165) is 18.6 Å². The summed E-state index contributed by atoms with van der Waals surface area (Å²) in [6.45, 7) is 0.365. The van der Waals surface area contributed by atoms with Gasteiger partial charge in [0.2, 0.25) is 0 Å². The summed E-state index contributed by atoms with van der Waals surface area (Å²) in [5.74, 6) is -1.63. The Bertz CT molecular complexity index is 977. The lowest BCUT2D eigenvalue weighted by molar-refractivity contribution is 0.0652. The molecule has 1 aliphatic heterocycles. The van der Waals surface area contributed by atoms with Gasteiger partial charge in [-0.2, -0.15) is 0 Å². The summed E-state index contributed by atoms with van der Waals surface area (Å²) in [6, 6.07) is 8.97. The predicted molar refractivity (Wildman–Crippen MR) is 97.8 cm³/mol. The number of imidazole rings is 1. The highest BCUT2D eigenvalue weighted by molar-refractivity contribution is 7.99. The number of unbranched alkanes of at least 4 members (excludes halogenated alkanes) is 1. The van der Waals surface area contributed by atoms with Gasteiger partial charge in [-0.05, 0) is 25.0 Å². The Morgan fingerprint density at radius 2 is 1.67 bits per heavy atom. The zero-order chi connectivity index (χ0) is 19.0. The predicted octanol–water partition coefficient (Wildman–Crippen LogP) is 4.01. The van der Waals surface area contributed by atoms with Gasteiger partial charge in [0.1, 0.15) is 0 Å². The first-order valence-corrected chi connectivity index (χ1v) is 9.46. The van der Waals surface area contributed by atoms with Gasteiger partial charge in [-0.15, -0.1) is 0 Å². The van der Waals surface area contributed by atoms with Crippen LogP contribution in [0.2, 0.25) is 0 Å². The number of aromatic nitrogens is 2. The van der Waals surface area contributed by atoms with Crippen molar-refractivity contribution in [2.45, 2.75) is 18.0 Å². The maximum Gasteiger partial charge on any atom is 0.261 e. The van der Waals surface area contributed by atoms with E-state index in [2.05, 4.69) is 9.97 Å². The molecule has 3 aromatic rings. The van der Waals surface area contributed by atoms with Crippen LogP contribution in [0.15, 0.2) is 41.6 Å². The second-order valence-electron chi connectivity index (χ2n) is 6.19. The zero-order valence-corrected chi connectivity index (χ0v) is 15.0. The number of amides is 2. The third kappa shape index (κ3) is 3.32. The molecular formula is C19H15F2N3O2S. The maximum atomic E-state index is 13.2. The molecule has 1 aromatic heterocycles. The molecule has 0 radical (unpaired) electrons. The van der Waals surface area contributed by atoms with E-state index in [9.17, 15) is 18.4 Å². The minimum atomic E-state index is -0.925. The molecule has 1 aliphatic rings. The number of hydrogen-bond acceptors (Lipinski definition) is 4. The molecule has 138 valence electrons. The standard InChI is InChI=1S/C19H15F2N3O2S/c20-13-9-15-16(10-14(13)21)23-19(22-15)27-8-4-3-7-24-17(25)11-5-1-2-6-12(11)18(24)26/h1-2,5-6,9-10H,3-4,7-8H2,(H,22,23). The molecule has 2 aromatic carbocycles. The highest BCUT2D eigenvalue weighted by atomic mass is 32.2. The fourth-order valence-corrected chi connectivity index (χ4v) is 3.92. The van der Waals surface area contributed by atoms with Gasteiger partial charge >= 0.3 is 0 Å². The number of hydrogen-bond donors (Lipinski definition) is 1. The first-order chi connectivity index (χ1) is 13.0. The summed E-state index contributed by atoms with van der Waals surface area (Å²) in [5, 5.41) is 0.579. The van der Waals surface area contributed by atoms with Gasteiger partial charge in [-0.1, -0.05) is 23.9 Å². The van der Waals surface area contributed by atoms with Crippen LogP contribution in [0.25, 0.3) is 11.0 Å². The summed E-state index contributed by atoms with van der Waals surface area (Å²) in [4.78, 5) is 33.0. The molecule has 1 N–H and O–H groups in total. The molecule has 0 unspecified atom stereocenters. The van der Waals surface area contributed by atoms with Crippen LogP contribution in [0.1, 0.15) is 33.6 Å². The molecule has 5 nitrogen and oxygen atoms in total. The van der Waals surface area contributed by atoms with E-state index in [1.54, 1.807) is 24.3 Å². The lowest BCUT2D eigenvalue weighted by atomic mass is 10.1. The molecule has 0 spiro atoms. The number of rotatable bonds is 6. The van der Waals surface area contributed by atoms with Crippen molar-refractivity contribution in [2.75, 3.05) is 12.3 Å². The zero-order valence-electron chi connectivity index (χ0n) is 14.2. The van der Waals surface area contributed by atoms with Crippen LogP contribution in [0.5, 0.6) is 0 Å². The third-order valence-corrected chi connectivity index (χ3v) is 5.35. The Kier molecular flexibility index (Phi) is 4.65. The average Bonchev–Trinajstić information content (AvgIpc) is 3.15. The summed E-state index contributed by atoms with van der Waals surface area (Å²) in [6.07, 6.45) is 1.43. The van der Waals surface area contributed by atoms with Gasteiger partial charge in [0.25, 0.3) is 11.8 Å². The first kappa shape index (κ1) is 17.7. The molecular weight excluding hydrogens is 372 g/mol. The molecule has 0 fully saturated rings. The van der Waals surface area contributed by atoms with Crippen LogP contribution < -0.4 is 0 Å². The van der Waals surface area contributed by atoms with Crippen molar-refractivity contribution >= 4 is 34.6 Å². The smallest absolute Gasteiger partial charge is 0.261 e. The van der Waals surface area contributed by atoms with Gasteiger partial charge in [0.15, 0.2) is 16.8 Å². The normalized spacial score (nSPS) is 13.6. The van der Waals surface area contributed by atoms with Crippen molar-refractivity contribution in [1.82, 2.24) is 14.9 Å².